The molecular weight excluding hydrogens is 432 g/mol. The fourth-order valence-electron chi connectivity index (χ4n) is 2.57. The smallest absolute Gasteiger partial charge is 0.262 e. The summed E-state index contributed by atoms with van der Waals surface area (Å²) >= 11 is 3.52. The summed E-state index contributed by atoms with van der Waals surface area (Å²) in [5.74, 6) is 0.716. The Kier molecular flexibility index (Phi) is 8.29. The van der Waals surface area contributed by atoms with Gasteiger partial charge in [-0.25, -0.2) is 0 Å². The van der Waals surface area contributed by atoms with Crippen molar-refractivity contribution in [2.45, 2.75) is 40.3 Å². The zero-order valence-electron chi connectivity index (χ0n) is 17.1. The zero-order valence-corrected chi connectivity index (χ0v) is 18.7. The van der Waals surface area contributed by atoms with E-state index in [2.05, 4.69) is 21.2 Å². The van der Waals surface area contributed by atoms with Crippen LogP contribution in [0.2, 0.25) is 0 Å². The van der Waals surface area contributed by atoms with Crippen LogP contribution in [-0.2, 0) is 11.4 Å². The van der Waals surface area contributed by atoms with Gasteiger partial charge in [0.05, 0.1) is 11.1 Å². The summed E-state index contributed by atoms with van der Waals surface area (Å²) < 4.78 is 12.4. The molecule has 1 amide bonds. The summed E-state index contributed by atoms with van der Waals surface area (Å²) in [5.41, 5.74) is 2.93. The van der Waals surface area contributed by atoms with E-state index in [0.29, 0.717) is 34.7 Å². The van der Waals surface area contributed by atoms with Crippen molar-refractivity contribution in [2.24, 2.45) is 0 Å². The Morgan fingerprint density at radius 2 is 1.93 bits per heavy atom. The Balaban J connectivity index is 2.30. The molecule has 2 aromatic carbocycles. The van der Waals surface area contributed by atoms with Gasteiger partial charge in [0.2, 0.25) is 0 Å². The summed E-state index contributed by atoms with van der Waals surface area (Å²) in [6.07, 6.45) is 1.54. The number of carbonyl (C=O) groups is 1. The third-order valence-corrected chi connectivity index (χ3v) is 4.52. The first kappa shape index (κ1) is 22.5. The monoisotopic (exact) mass is 456 g/mol. The number of halogens is 1. The van der Waals surface area contributed by atoms with E-state index < -0.39 is 5.91 Å². The number of hydrogen-bond donors (Lipinski definition) is 1. The first-order chi connectivity index (χ1) is 13.8. The fraction of sp³-hybridized carbons (Fsp3) is 0.304. The van der Waals surface area contributed by atoms with Crippen molar-refractivity contribution in [2.75, 3.05) is 6.61 Å². The molecular formula is C23H25BrN2O3. The second-order valence-corrected chi connectivity index (χ2v) is 7.69. The number of rotatable bonds is 8. The number of benzene rings is 2. The highest BCUT2D eigenvalue weighted by Crippen LogP contribution is 2.38. The molecule has 0 fully saturated rings. The van der Waals surface area contributed by atoms with Crippen molar-refractivity contribution in [1.82, 2.24) is 5.32 Å². The maximum atomic E-state index is 12.2. The number of amides is 1. The Morgan fingerprint density at radius 1 is 1.24 bits per heavy atom. The molecule has 0 saturated carbocycles. The van der Waals surface area contributed by atoms with E-state index in [4.69, 9.17) is 9.47 Å². The molecule has 6 heteroatoms. The van der Waals surface area contributed by atoms with E-state index >= 15 is 0 Å². The third kappa shape index (κ3) is 6.65. The molecule has 29 heavy (non-hydrogen) atoms. The Morgan fingerprint density at radius 3 is 2.52 bits per heavy atom. The van der Waals surface area contributed by atoms with Crippen LogP contribution in [0.3, 0.4) is 0 Å². The largest absolute Gasteiger partial charge is 0.490 e. The molecule has 0 aromatic heterocycles. The van der Waals surface area contributed by atoms with Crippen LogP contribution in [0.25, 0.3) is 6.08 Å². The second-order valence-electron chi connectivity index (χ2n) is 6.84. The van der Waals surface area contributed by atoms with Crippen molar-refractivity contribution < 1.29 is 14.3 Å². The van der Waals surface area contributed by atoms with E-state index in [0.717, 1.165) is 5.56 Å². The molecule has 0 heterocycles. The lowest BCUT2D eigenvalue weighted by molar-refractivity contribution is -0.117. The molecule has 0 saturated heterocycles. The first-order valence-electron chi connectivity index (χ1n) is 9.41. The fourth-order valence-corrected chi connectivity index (χ4v) is 3.14. The second kappa shape index (κ2) is 10.7. The van der Waals surface area contributed by atoms with Gasteiger partial charge in [0.15, 0.2) is 11.5 Å². The van der Waals surface area contributed by atoms with Gasteiger partial charge < -0.3 is 14.8 Å². The van der Waals surface area contributed by atoms with E-state index in [1.165, 1.54) is 11.6 Å². The molecule has 0 aliphatic rings. The standard InChI is InChI=1S/C23H25BrN2O3/c1-5-28-21-12-18(10-19(13-25)23(27)26-15(2)3)11-20(24)22(21)29-14-17-8-6-16(4)7-9-17/h6-12,15H,5,14H2,1-4H3,(H,26,27)/b19-10-. The van der Waals surface area contributed by atoms with Crippen LogP contribution in [0.5, 0.6) is 11.5 Å². The quantitative estimate of drug-likeness (QED) is 0.439. The van der Waals surface area contributed by atoms with E-state index in [-0.39, 0.29) is 11.6 Å². The molecule has 0 atom stereocenters. The van der Waals surface area contributed by atoms with Gasteiger partial charge >= 0.3 is 0 Å². The summed E-state index contributed by atoms with van der Waals surface area (Å²) in [7, 11) is 0. The van der Waals surface area contributed by atoms with Crippen LogP contribution < -0.4 is 14.8 Å². The predicted molar refractivity (Wildman–Crippen MR) is 118 cm³/mol. The van der Waals surface area contributed by atoms with Crippen molar-refractivity contribution in [1.29, 1.82) is 5.26 Å². The normalized spacial score (nSPS) is 11.1. The predicted octanol–water partition coefficient (Wildman–Crippen LogP) is 5.17. The number of nitriles is 1. The number of nitrogens with zero attached hydrogens (tertiary/aromatic N) is 1. The minimum absolute atomic E-state index is 0.0290. The van der Waals surface area contributed by atoms with Gasteiger partial charge in [-0.3, -0.25) is 4.79 Å². The van der Waals surface area contributed by atoms with Crippen molar-refractivity contribution in [3.8, 4) is 17.6 Å². The molecule has 2 rings (SSSR count). The lowest BCUT2D eigenvalue weighted by Crippen LogP contribution is -2.30. The summed E-state index contributed by atoms with van der Waals surface area (Å²) in [4.78, 5) is 12.2. The topological polar surface area (TPSA) is 71.3 Å². The van der Waals surface area contributed by atoms with Gasteiger partial charge in [0.1, 0.15) is 18.2 Å². The lowest BCUT2D eigenvalue weighted by atomic mass is 10.1. The zero-order chi connectivity index (χ0) is 21.4. The summed E-state index contributed by atoms with van der Waals surface area (Å²) in [6.45, 7) is 8.47. The van der Waals surface area contributed by atoms with Gasteiger partial charge in [-0.2, -0.15) is 5.26 Å². The maximum Gasteiger partial charge on any atom is 0.262 e. The molecule has 0 bridgehead atoms. The highest BCUT2D eigenvalue weighted by atomic mass is 79.9. The Hall–Kier alpha value is -2.78. The Bertz CT molecular complexity index is 928. The van der Waals surface area contributed by atoms with Crippen LogP contribution in [0.15, 0.2) is 46.4 Å². The van der Waals surface area contributed by atoms with Crippen LogP contribution in [0.4, 0.5) is 0 Å². The van der Waals surface area contributed by atoms with E-state index in [1.54, 1.807) is 12.1 Å². The number of nitrogens with one attached hydrogen (secondary N) is 1. The lowest BCUT2D eigenvalue weighted by Gasteiger charge is -2.15. The Labute approximate surface area is 180 Å². The molecule has 0 unspecified atom stereocenters. The van der Waals surface area contributed by atoms with Gasteiger partial charge in [-0.1, -0.05) is 29.8 Å². The van der Waals surface area contributed by atoms with Crippen LogP contribution in [0.1, 0.15) is 37.5 Å². The highest BCUT2D eigenvalue weighted by molar-refractivity contribution is 9.10. The minimum Gasteiger partial charge on any atom is -0.490 e. The van der Waals surface area contributed by atoms with Crippen LogP contribution in [0, 0.1) is 18.3 Å². The first-order valence-corrected chi connectivity index (χ1v) is 10.2. The van der Waals surface area contributed by atoms with Crippen molar-refractivity contribution >= 4 is 27.9 Å². The van der Waals surface area contributed by atoms with Gasteiger partial charge in [0.25, 0.3) is 5.91 Å². The molecule has 152 valence electrons. The summed E-state index contributed by atoms with van der Waals surface area (Å²) in [5, 5.41) is 12.1. The number of hydrogen-bond acceptors (Lipinski definition) is 4. The molecule has 0 radical (unpaired) electrons. The minimum atomic E-state index is -0.406. The number of aryl methyl sites for hydroxylation is 1. The van der Waals surface area contributed by atoms with Crippen molar-refractivity contribution in [3.05, 3.63) is 63.1 Å². The van der Waals surface area contributed by atoms with Gasteiger partial charge in [-0.15, -0.1) is 0 Å². The van der Waals surface area contributed by atoms with Crippen molar-refractivity contribution in [3.63, 3.8) is 0 Å². The molecule has 2 aromatic rings. The molecule has 0 aliphatic carbocycles. The average Bonchev–Trinajstić information content (AvgIpc) is 2.66. The summed E-state index contributed by atoms with van der Waals surface area (Å²) in [6, 6.07) is 13.6. The molecule has 1 N–H and O–H groups in total. The SMILES string of the molecule is CCOc1cc(/C=C(/C#N)C(=O)NC(C)C)cc(Br)c1OCc1ccc(C)cc1. The maximum absolute atomic E-state index is 12.2. The molecule has 0 aliphatic heterocycles. The van der Waals surface area contributed by atoms with Gasteiger partial charge in [0, 0.05) is 6.04 Å². The van der Waals surface area contributed by atoms with E-state index in [9.17, 15) is 10.1 Å². The molecule has 5 nitrogen and oxygen atoms in total. The average molecular weight is 457 g/mol. The number of carbonyl (C=O) groups excluding carboxylic acids is 1. The van der Waals surface area contributed by atoms with E-state index in [1.807, 2.05) is 58.0 Å². The van der Waals surface area contributed by atoms with Crippen LogP contribution in [-0.4, -0.2) is 18.6 Å². The molecule has 0 spiro atoms. The van der Waals surface area contributed by atoms with Crippen LogP contribution >= 0.6 is 15.9 Å². The third-order valence-electron chi connectivity index (χ3n) is 3.93. The van der Waals surface area contributed by atoms with Gasteiger partial charge in [-0.05, 0) is 73.0 Å². The highest BCUT2D eigenvalue weighted by Gasteiger charge is 2.15. The number of ether oxygens (including phenoxy) is 2.